The summed E-state index contributed by atoms with van der Waals surface area (Å²) < 4.78 is 16.4. The van der Waals surface area contributed by atoms with Crippen LogP contribution >= 0.6 is 0 Å². The zero-order chi connectivity index (χ0) is 22.5. The highest BCUT2D eigenvalue weighted by Crippen LogP contribution is 2.33. The molecule has 1 saturated heterocycles. The lowest BCUT2D eigenvalue weighted by Gasteiger charge is -2.27. The number of nitrogens with zero attached hydrogens (tertiary/aromatic N) is 5. The molecule has 2 aromatic heterocycles. The first-order valence-electron chi connectivity index (χ1n) is 10.4. The lowest BCUT2D eigenvalue weighted by atomic mass is 9.99. The molecule has 1 atom stereocenters. The number of nitrogen functional groups attached to an aromatic ring is 1. The van der Waals surface area contributed by atoms with E-state index in [-0.39, 0.29) is 29.9 Å². The number of carbonyl (C=O) groups is 1. The van der Waals surface area contributed by atoms with Crippen LogP contribution in [0.25, 0.3) is 11.2 Å². The highest BCUT2D eigenvalue weighted by Gasteiger charge is 2.43. The van der Waals surface area contributed by atoms with Gasteiger partial charge in [0.05, 0.1) is 18.4 Å². The summed E-state index contributed by atoms with van der Waals surface area (Å²) >= 11 is 0. The Labute approximate surface area is 184 Å². The third kappa shape index (κ3) is 3.40. The second-order valence-electron chi connectivity index (χ2n) is 8.44. The van der Waals surface area contributed by atoms with Gasteiger partial charge in [-0.15, -0.1) is 6.42 Å². The standard InChI is InChI=1S/C22H23FN8O/c1-2-14-15(9-31-12-28-18-19(24)26-11-27-20(18)31)17(6-5-16(14)23)30-8-7-22(25,10-30)21(32)29-13-3-4-13/h1,5-6,11-13H,3-4,7-10,25H2,(H,29,32)(H2,24,26,27). The number of halogens is 1. The predicted octanol–water partition coefficient (Wildman–Crippen LogP) is 0.763. The summed E-state index contributed by atoms with van der Waals surface area (Å²) in [6.07, 6.45) is 11.1. The van der Waals surface area contributed by atoms with Gasteiger partial charge >= 0.3 is 0 Å². The van der Waals surface area contributed by atoms with Gasteiger partial charge in [0.2, 0.25) is 5.91 Å². The van der Waals surface area contributed by atoms with E-state index in [9.17, 15) is 9.18 Å². The van der Waals surface area contributed by atoms with Gasteiger partial charge in [-0.25, -0.2) is 19.3 Å². The number of aromatic nitrogens is 4. The van der Waals surface area contributed by atoms with E-state index in [4.69, 9.17) is 17.9 Å². The molecule has 1 saturated carbocycles. The fraction of sp³-hybridized carbons (Fsp3) is 0.364. The van der Waals surface area contributed by atoms with E-state index >= 15 is 0 Å². The van der Waals surface area contributed by atoms with Crippen molar-refractivity contribution in [3.63, 3.8) is 0 Å². The number of anilines is 2. The summed E-state index contributed by atoms with van der Waals surface area (Å²) in [6.45, 7) is 1.09. The Kier molecular flexibility index (Phi) is 4.71. The molecule has 5 rings (SSSR count). The Bertz CT molecular complexity index is 1260. The average molecular weight is 434 g/mol. The molecule has 1 unspecified atom stereocenters. The molecule has 9 nitrogen and oxygen atoms in total. The van der Waals surface area contributed by atoms with Crippen LogP contribution in [0, 0.1) is 18.2 Å². The van der Waals surface area contributed by atoms with Gasteiger partial charge in [0.1, 0.15) is 23.2 Å². The maximum atomic E-state index is 14.6. The van der Waals surface area contributed by atoms with Crippen LogP contribution < -0.4 is 21.7 Å². The molecular formula is C22H23FN8O. The van der Waals surface area contributed by atoms with E-state index in [0.717, 1.165) is 18.5 Å². The number of nitrogens with two attached hydrogens (primary N) is 2. The van der Waals surface area contributed by atoms with Crippen LogP contribution in [0.5, 0.6) is 0 Å². The molecule has 32 heavy (non-hydrogen) atoms. The number of benzene rings is 1. The molecule has 10 heteroatoms. The number of hydrogen-bond donors (Lipinski definition) is 3. The maximum Gasteiger partial charge on any atom is 0.242 e. The monoisotopic (exact) mass is 434 g/mol. The zero-order valence-corrected chi connectivity index (χ0v) is 17.4. The van der Waals surface area contributed by atoms with Crippen molar-refractivity contribution in [3.8, 4) is 12.3 Å². The zero-order valence-electron chi connectivity index (χ0n) is 17.4. The number of nitrogens with one attached hydrogen (secondary N) is 1. The quantitative estimate of drug-likeness (QED) is 0.506. The second kappa shape index (κ2) is 7.46. The van der Waals surface area contributed by atoms with Crippen LogP contribution in [-0.4, -0.2) is 50.1 Å². The molecule has 1 aliphatic heterocycles. The Morgan fingerprint density at radius 2 is 2.16 bits per heavy atom. The average Bonchev–Trinajstić information content (AvgIpc) is 3.35. The van der Waals surface area contributed by atoms with E-state index in [1.807, 2.05) is 4.90 Å². The van der Waals surface area contributed by atoms with Crippen molar-refractivity contribution in [2.24, 2.45) is 5.73 Å². The molecule has 2 fully saturated rings. The fourth-order valence-corrected chi connectivity index (χ4v) is 4.19. The molecular weight excluding hydrogens is 411 g/mol. The van der Waals surface area contributed by atoms with Crippen LogP contribution in [0.15, 0.2) is 24.8 Å². The van der Waals surface area contributed by atoms with Crippen LogP contribution in [0.3, 0.4) is 0 Å². The van der Waals surface area contributed by atoms with Crippen molar-refractivity contribution in [2.75, 3.05) is 23.7 Å². The van der Waals surface area contributed by atoms with Crippen LogP contribution in [-0.2, 0) is 11.3 Å². The minimum absolute atomic E-state index is 0.142. The molecule has 1 aliphatic carbocycles. The largest absolute Gasteiger partial charge is 0.382 e. The first-order valence-corrected chi connectivity index (χ1v) is 10.4. The van der Waals surface area contributed by atoms with Crippen molar-refractivity contribution >= 4 is 28.6 Å². The minimum atomic E-state index is -1.01. The summed E-state index contributed by atoms with van der Waals surface area (Å²) in [5.41, 5.74) is 13.8. The molecule has 5 N–H and O–H groups in total. The topological polar surface area (TPSA) is 128 Å². The number of carbonyl (C=O) groups excluding carboxylic acids is 1. The SMILES string of the molecule is C#Cc1c(F)ccc(N2CCC(N)(C(=O)NC3CC3)C2)c1Cn1cnc2c(N)ncnc21. The van der Waals surface area contributed by atoms with E-state index in [0.29, 0.717) is 36.2 Å². The summed E-state index contributed by atoms with van der Waals surface area (Å²) in [7, 11) is 0. The molecule has 164 valence electrons. The van der Waals surface area contributed by atoms with Gasteiger partial charge in [0.15, 0.2) is 11.5 Å². The summed E-state index contributed by atoms with van der Waals surface area (Å²) in [6, 6.07) is 3.26. The third-order valence-corrected chi connectivity index (χ3v) is 6.15. The van der Waals surface area contributed by atoms with Crippen molar-refractivity contribution in [3.05, 3.63) is 41.7 Å². The van der Waals surface area contributed by atoms with E-state index < -0.39 is 11.4 Å². The molecule has 2 aliphatic rings. The summed E-state index contributed by atoms with van der Waals surface area (Å²) in [5.74, 6) is 2.10. The fourth-order valence-electron chi connectivity index (χ4n) is 4.19. The van der Waals surface area contributed by atoms with Crippen LogP contribution in [0.1, 0.15) is 30.4 Å². The highest BCUT2D eigenvalue weighted by atomic mass is 19.1. The van der Waals surface area contributed by atoms with E-state index in [2.05, 4.69) is 26.2 Å². The summed E-state index contributed by atoms with van der Waals surface area (Å²) in [4.78, 5) is 27.2. The normalized spacial score (nSPS) is 20.5. The molecule has 0 spiro atoms. The highest BCUT2D eigenvalue weighted by molar-refractivity contribution is 5.88. The van der Waals surface area contributed by atoms with Crippen molar-refractivity contribution in [1.82, 2.24) is 24.8 Å². The van der Waals surface area contributed by atoms with Gasteiger partial charge in [-0.1, -0.05) is 5.92 Å². The number of hydrogen-bond acceptors (Lipinski definition) is 7. The van der Waals surface area contributed by atoms with Crippen molar-refractivity contribution in [1.29, 1.82) is 0 Å². The predicted molar refractivity (Wildman–Crippen MR) is 118 cm³/mol. The van der Waals surface area contributed by atoms with Gasteiger partial charge in [0.25, 0.3) is 0 Å². The van der Waals surface area contributed by atoms with Gasteiger partial charge < -0.3 is 26.3 Å². The lowest BCUT2D eigenvalue weighted by Crippen LogP contribution is -2.56. The first kappa shape index (κ1) is 20.2. The Morgan fingerprint density at radius 3 is 2.91 bits per heavy atom. The molecule has 1 amide bonds. The molecule has 0 radical (unpaired) electrons. The van der Waals surface area contributed by atoms with Gasteiger partial charge in [0, 0.05) is 30.4 Å². The smallest absolute Gasteiger partial charge is 0.242 e. The molecule has 3 aromatic rings. The van der Waals surface area contributed by atoms with Crippen molar-refractivity contribution < 1.29 is 9.18 Å². The molecule has 0 bridgehead atoms. The van der Waals surface area contributed by atoms with Gasteiger partial charge in [-0.3, -0.25) is 4.79 Å². The number of amides is 1. The minimum Gasteiger partial charge on any atom is -0.382 e. The van der Waals surface area contributed by atoms with Gasteiger partial charge in [-0.2, -0.15) is 0 Å². The molecule has 3 heterocycles. The van der Waals surface area contributed by atoms with Crippen LogP contribution in [0.2, 0.25) is 0 Å². The third-order valence-electron chi connectivity index (χ3n) is 6.15. The van der Waals surface area contributed by atoms with E-state index in [1.54, 1.807) is 17.0 Å². The molecule has 1 aromatic carbocycles. The number of fused-ring (bicyclic) bond motifs is 1. The number of imidazole rings is 1. The van der Waals surface area contributed by atoms with Crippen LogP contribution in [0.4, 0.5) is 15.9 Å². The lowest BCUT2D eigenvalue weighted by molar-refractivity contribution is -0.125. The Hall–Kier alpha value is -3.71. The summed E-state index contributed by atoms with van der Waals surface area (Å²) in [5, 5.41) is 3.00. The van der Waals surface area contributed by atoms with E-state index in [1.165, 1.54) is 12.4 Å². The van der Waals surface area contributed by atoms with Crippen molar-refractivity contribution in [2.45, 2.75) is 37.4 Å². The second-order valence-corrected chi connectivity index (χ2v) is 8.44. The van der Waals surface area contributed by atoms with Gasteiger partial charge in [-0.05, 0) is 31.4 Å². The Morgan fingerprint density at radius 1 is 1.34 bits per heavy atom. The first-order chi connectivity index (χ1) is 15.4. The number of terminal acetylenes is 1. The Balaban J connectivity index is 1.50. The number of rotatable bonds is 5. The maximum absolute atomic E-state index is 14.6.